The van der Waals surface area contributed by atoms with Crippen molar-refractivity contribution in [2.24, 2.45) is 5.16 Å². The molecule has 0 aromatic carbocycles. The maximum Gasteiger partial charge on any atom is 0.159 e. The molecule has 5 rings (SSSR count). The largest absolute Gasteiger partial charge is 0.389 e. The first-order valence-electron chi connectivity index (χ1n) is 10.6. The zero-order valence-electron chi connectivity index (χ0n) is 16.7. The zero-order valence-corrected chi connectivity index (χ0v) is 17.5. The second kappa shape index (κ2) is 6.97. The Hall–Kier alpha value is -2.16. The van der Waals surface area contributed by atoms with Crippen molar-refractivity contribution < 1.29 is 13.3 Å². The molecule has 1 aliphatic carbocycles. The normalized spacial score (nSPS) is 23.4. The topological polar surface area (TPSA) is 98.5 Å². The lowest BCUT2D eigenvalue weighted by molar-refractivity contribution is -0.0126. The summed E-state index contributed by atoms with van der Waals surface area (Å²) in [5.74, 6) is 0.464. The van der Waals surface area contributed by atoms with Crippen molar-refractivity contribution in [3.8, 4) is 0 Å². The minimum atomic E-state index is -2.90. The predicted molar refractivity (Wildman–Crippen MR) is 112 cm³/mol. The molecule has 1 saturated carbocycles. The fourth-order valence-corrected chi connectivity index (χ4v) is 6.32. The maximum atomic E-state index is 11.8. The van der Waals surface area contributed by atoms with Gasteiger partial charge in [-0.05, 0) is 45.4 Å². The molecule has 2 aromatic rings. The number of hydrogen-bond acceptors (Lipinski definition) is 7. The molecule has 2 aromatic heterocycles. The molecule has 156 valence electrons. The Morgan fingerprint density at radius 1 is 1.24 bits per heavy atom. The van der Waals surface area contributed by atoms with E-state index in [9.17, 15) is 8.42 Å². The molecule has 0 amide bonds. The number of sulfone groups is 1. The number of aromatic nitrogens is 3. The number of rotatable bonds is 4. The number of nitrogens with one attached hydrogen (secondary N) is 1. The van der Waals surface area contributed by atoms with E-state index in [-0.39, 0.29) is 23.1 Å². The molecule has 0 bridgehead atoms. The van der Waals surface area contributed by atoms with Crippen LogP contribution in [-0.2, 0) is 21.2 Å². The molecule has 0 atom stereocenters. The Kier molecular flexibility index (Phi) is 4.53. The molecule has 1 spiro atoms. The van der Waals surface area contributed by atoms with Gasteiger partial charge in [0, 0.05) is 30.8 Å². The fraction of sp³-hybridized carbons (Fsp3) is 0.650. The smallest absolute Gasteiger partial charge is 0.159 e. The lowest BCUT2D eigenvalue weighted by Crippen LogP contribution is -2.32. The van der Waals surface area contributed by atoms with E-state index in [1.165, 1.54) is 12.8 Å². The summed E-state index contributed by atoms with van der Waals surface area (Å²) in [6.45, 7) is 2.78. The highest BCUT2D eigenvalue weighted by Crippen LogP contribution is 2.42. The van der Waals surface area contributed by atoms with Crippen molar-refractivity contribution in [2.45, 2.75) is 70.1 Å². The van der Waals surface area contributed by atoms with E-state index in [2.05, 4.69) is 20.6 Å². The molecule has 1 saturated heterocycles. The molecular weight excluding hydrogens is 390 g/mol. The highest BCUT2D eigenvalue weighted by atomic mass is 32.2. The molecule has 0 radical (unpaired) electrons. The molecule has 4 heterocycles. The number of fused-ring (bicyclic) bond motifs is 1. The Morgan fingerprint density at radius 2 is 2.00 bits per heavy atom. The molecule has 2 aliphatic heterocycles. The van der Waals surface area contributed by atoms with E-state index in [1.807, 2.05) is 24.0 Å². The van der Waals surface area contributed by atoms with Crippen molar-refractivity contribution in [3.63, 3.8) is 0 Å². The van der Waals surface area contributed by atoms with Gasteiger partial charge in [-0.1, -0.05) is 5.16 Å². The Bertz CT molecular complexity index is 1060. The number of oxime groups is 1. The zero-order chi connectivity index (χ0) is 20.1. The number of pyridine rings is 1. The average Bonchev–Trinajstić information content (AvgIpc) is 3.44. The van der Waals surface area contributed by atoms with E-state index in [0.29, 0.717) is 12.8 Å². The third kappa shape index (κ3) is 3.39. The van der Waals surface area contributed by atoms with E-state index >= 15 is 0 Å². The summed E-state index contributed by atoms with van der Waals surface area (Å²) in [7, 11) is -2.90. The standard InChI is InChI=1S/C20H27N5O3S/c1-2-25-19-16(13-22-25)18(23-14-5-9-29(26,27)10-6-14)15(12-21-19)17-11-20(28-24-17)7-3-4-8-20/h12-14H,2-11H2,1H3,(H,21,23). The Morgan fingerprint density at radius 3 is 2.72 bits per heavy atom. The van der Waals surface area contributed by atoms with Crippen LogP contribution in [0.4, 0.5) is 5.69 Å². The third-order valence-electron chi connectivity index (χ3n) is 6.53. The van der Waals surface area contributed by atoms with E-state index < -0.39 is 9.84 Å². The maximum absolute atomic E-state index is 11.8. The second-order valence-electron chi connectivity index (χ2n) is 8.51. The van der Waals surface area contributed by atoms with Crippen LogP contribution >= 0.6 is 0 Å². The molecule has 8 nitrogen and oxygen atoms in total. The molecule has 1 N–H and O–H groups in total. The van der Waals surface area contributed by atoms with Gasteiger partial charge in [0.2, 0.25) is 0 Å². The van der Waals surface area contributed by atoms with Crippen LogP contribution in [0.2, 0.25) is 0 Å². The van der Waals surface area contributed by atoms with Crippen LogP contribution in [0.5, 0.6) is 0 Å². The number of aryl methyl sites for hydroxylation is 1. The summed E-state index contributed by atoms with van der Waals surface area (Å²) in [5, 5.41) is 13.5. The minimum absolute atomic E-state index is 0.108. The number of hydrogen-bond donors (Lipinski definition) is 1. The summed E-state index contributed by atoms with van der Waals surface area (Å²) in [4.78, 5) is 10.6. The van der Waals surface area contributed by atoms with Crippen molar-refractivity contribution in [1.82, 2.24) is 14.8 Å². The highest BCUT2D eigenvalue weighted by Gasteiger charge is 2.42. The Labute approximate surface area is 170 Å². The Balaban J connectivity index is 1.51. The summed E-state index contributed by atoms with van der Waals surface area (Å²) >= 11 is 0. The van der Waals surface area contributed by atoms with Crippen LogP contribution in [0.1, 0.15) is 57.4 Å². The fourth-order valence-electron chi connectivity index (χ4n) is 4.82. The molecule has 29 heavy (non-hydrogen) atoms. The van der Waals surface area contributed by atoms with Crippen LogP contribution < -0.4 is 5.32 Å². The monoisotopic (exact) mass is 417 g/mol. The third-order valence-corrected chi connectivity index (χ3v) is 8.25. The lowest BCUT2D eigenvalue weighted by atomic mass is 9.92. The van der Waals surface area contributed by atoms with E-state index in [4.69, 9.17) is 4.84 Å². The minimum Gasteiger partial charge on any atom is -0.389 e. The van der Waals surface area contributed by atoms with Crippen LogP contribution in [0, 0.1) is 0 Å². The van der Waals surface area contributed by atoms with Gasteiger partial charge < -0.3 is 10.2 Å². The van der Waals surface area contributed by atoms with Gasteiger partial charge in [-0.2, -0.15) is 5.10 Å². The van der Waals surface area contributed by atoms with Crippen molar-refractivity contribution >= 4 is 32.3 Å². The van der Waals surface area contributed by atoms with Crippen LogP contribution in [0.25, 0.3) is 11.0 Å². The summed E-state index contributed by atoms with van der Waals surface area (Å²) in [6, 6.07) is 0.108. The van der Waals surface area contributed by atoms with Gasteiger partial charge >= 0.3 is 0 Å². The van der Waals surface area contributed by atoms with E-state index in [0.717, 1.165) is 53.8 Å². The van der Waals surface area contributed by atoms with Crippen molar-refractivity contribution in [3.05, 3.63) is 18.0 Å². The summed E-state index contributed by atoms with van der Waals surface area (Å²) < 4.78 is 25.5. The summed E-state index contributed by atoms with van der Waals surface area (Å²) in [6.07, 6.45) is 10.2. The highest BCUT2D eigenvalue weighted by molar-refractivity contribution is 7.91. The average molecular weight is 418 g/mol. The van der Waals surface area contributed by atoms with E-state index in [1.54, 1.807) is 0 Å². The van der Waals surface area contributed by atoms with Gasteiger partial charge in [-0.15, -0.1) is 0 Å². The summed E-state index contributed by atoms with van der Waals surface area (Å²) in [5.41, 5.74) is 3.52. The van der Waals surface area contributed by atoms with Gasteiger partial charge in [0.25, 0.3) is 0 Å². The van der Waals surface area contributed by atoms with Crippen LogP contribution in [0.15, 0.2) is 17.5 Å². The van der Waals surface area contributed by atoms with Crippen molar-refractivity contribution in [2.75, 3.05) is 16.8 Å². The van der Waals surface area contributed by atoms with Gasteiger partial charge in [0.05, 0.1) is 34.5 Å². The first-order chi connectivity index (χ1) is 14.0. The predicted octanol–water partition coefficient (Wildman–Crippen LogP) is 2.88. The van der Waals surface area contributed by atoms with Crippen LogP contribution in [-0.4, -0.2) is 52.0 Å². The van der Waals surface area contributed by atoms with Gasteiger partial charge in [-0.25, -0.2) is 18.1 Å². The second-order valence-corrected chi connectivity index (χ2v) is 10.8. The van der Waals surface area contributed by atoms with Crippen molar-refractivity contribution in [1.29, 1.82) is 0 Å². The molecular formula is C20H27N5O3S. The molecule has 2 fully saturated rings. The number of anilines is 1. The van der Waals surface area contributed by atoms with Gasteiger partial charge in [-0.3, -0.25) is 0 Å². The SMILES string of the molecule is CCn1ncc2c(NC3CCS(=O)(=O)CC3)c(C3=NOC4(CCCC4)C3)cnc21. The molecule has 0 unspecified atom stereocenters. The molecule has 3 aliphatic rings. The molecule has 9 heteroatoms. The quantitative estimate of drug-likeness (QED) is 0.821. The first kappa shape index (κ1) is 18.8. The van der Waals surface area contributed by atoms with Gasteiger partial charge in [0.15, 0.2) is 5.65 Å². The van der Waals surface area contributed by atoms with Gasteiger partial charge in [0.1, 0.15) is 15.4 Å². The lowest BCUT2D eigenvalue weighted by Gasteiger charge is -2.25. The first-order valence-corrected chi connectivity index (χ1v) is 12.4. The number of nitrogens with zero attached hydrogens (tertiary/aromatic N) is 4. The van der Waals surface area contributed by atoms with Crippen LogP contribution in [0.3, 0.4) is 0 Å².